The van der Waals surface area contributed by atoms with Crippen molar-refractivity contribution in [3.05, 3.63) is 64.1 Å². The minimum atomic E-state index is -3.41. The molecule has 1 atom stereocenters. The van der Waals surface area contributed by atoms with Crippen LogP contribution < -0.4 is 10.5 Å². The summed E-state index contributed by atoms with van der Waals surface area (Å²) in [7, 11) is -3.41. The Morgan fingerprint density at radius 3 is 2.24 bits per heavy atom. The molecule has 2 aromatic carbocycles. The topological polar surface area (TPSA) is 72.2 Å². The molecule has 4 nitrogen and oxygen atoms in total. The first-order valence-corrected chi connectivity index (χ1v) is 8.90. The smallest absolute Gasteiger partial charge is 0.216 e. The van der Waals surface area contributed by atoms with E-state index in [1.807, 2.05) is 31.2 Å². The number of hydrogen-bond donors (Lipinski definition) is 2. The summed E-state index contributed by atoms with van der Waals surface area (Å²) in [6.45, 7) is 1.82. The molecule has 0 aliphatic rings. The fourth-order valence-electron chi connectivity index (χ4n) is 1.96. The van der Waals surface area contributed by atoms with Gasteiger partial charge in [-0.15, -0.1) is 0 Å². The summed E-state index contributed by atoms with van der Waals surface area (Å²) in [6, 6.07) is 14.1. The van der Waals surface area contributed by atoms with Gasteiger partial charge in [0.1, 0.15) is 0 Å². The predicted molar refractivity (Wildman–Crippen MR) is 89.2 cm³/mol. The third kappa shape index (κ3) is 4.84. The molecular weight excluding hydrogens is 352 g/mol. The van der Waals surface area contributed by atoms with Crippen molar-refractivity contribution in [2.24, 2.45) is 0 Å². The van der Waals surface area contributed by atoms with Gasteiger partial charge in [0, 0.05) is 16.2 Å². The van der Waals surface area contributed by atoms with Crippen molar-refractivity contribution in [3.8, 4) is 0 Å². The van der Waals surface area contributed by atoms with Crippen molar-refractivity contribution in [1.29, 1.82) is 0 Å². The zero-order valence-corrected chi connectivity index (χ0v) is 14.0. The summed E-state index contributed by atoms with van der Waals surface area (Å²) in [5.41, 5.74) is 7.83. The number of rotatable bonds is 5. The fourth-order valence-corrected chi connectivity index (χ4v) is 3.62. The highest BCUT2D eigenvalue weighted by atomic mass is 79.9. The van der Waals surface area contributed by atoms with Crippen LogP contribution in [0.1, 0.15) is 24.1 Å². The lowest BCUT2D eigenvalue weighted by atomic mass is 10.1. The second-order valence-electron chi connectivity index (χ2n) is 4.89. The number of halogens is 1. The maximum atomic E-state index is 12.2. The zero-order valence-electron chi connectivity index (χ0n) is 11.6. The Morgan fingerprint density at radius 1 is 1.10 bits per heavy atom. The SMILES string of the molecule is C[C@@H](NS(=O)(=O)Cc1ccc(N)cc1)c1ccc(Br)cc1. The van der Waals surface area contributed by atoms with Gasteiger partial charge in [-0.1, -0.05) is 40.2 Å². The monoisotopic (exact) mass is 368 g/mol. The molecule has 112 valence electrons. The van der Waals surface area contributed by atoms with Crippen LogP contribution in [0.3, 0.4) is 0 Å². The van der Waals surface area contributed by atoms with Crippen molar-refractivity contribution in [3.63, 3.8) is 0 Å². The third-order valence-corrected chi connectivity index (χ3v) is 5.02. The Labute approximate surface area is 133 Å². The Balaban J connectivity index is 2.06. The van der Waals surface area contributed by atoms with Crippen molar-refractivity contribution in [1.82, 2.24) is 4.72 Å². The standard InChI is InChI=1S/C15H17BrN2O2S/c1-11(13-4-6-14(16)7-5-13)18-21(19,20)10-12-2-8-15(17)9-3-12/h2-9,11,18H,10,17H2,1H3/t11-/m1/s1. The maximum Gasteiger partial charge on any atom is 0.216 e. The average Bonchev–Trinajstić information content (AvgIpc) is 2.41. The molecule has 0 amide bonds. The van der Waals surface area contributed by atoms with Gasteiger partial charge < -0.3 is 5.73 Å². The van der Waals surface area contributed by atoms with Gasteiger partial charge in [-0.3, -0.25) is 0 Å². The summed E-state index contributed by atoms with van der Waals surface area (Å²) in [6.07, 6.45) is 0. The van der Waals surface area contributed by atoms with E-state index < -0.39 is 10.0 Å². The quantitative estimate of drug-likeness (QED) is 0.795. The summed E-state index contributed by atoms with van der Waals surface area (Å²) >= 11 is 3.36. The van der Waals surface area contributed by atoms with Gasteiger partial charge in [-0.2, -0.15) is 0 Å². The molecule has 0 aliphatic heterocycles. The van der Waals surface area contributed by atoms with E-state index in [9.17, 15) is 8.42 Å². The van der Waals surface area contributed by atoms with Gasteiger partial charge in [-0.05, 0) is 42.3 Å². The first kappa shape index (κ1) is 16.0. The normalized spacial score (nSPS) is 13.0. The number of benzene rings is 2. The van der Waals surface area contributed by atoms with Gasteiger partial charge in [0.15, 0.2) is 0 Å². The van der Waals surface area contributed by atoms with E-state index in [-0.39, 0.29) is 11.8 Å². The predicted octanol–water partition coefficient (Wildman–Crippen LogP) is 3.21. The summed E-state index contributed by atoms with van der Waals surface area (Å²) in [5.74, 6) is -0.0614. The molecule has 21 heavy (non-hydrogen) atoms. The highest BCUT2D eigenvalue weighted by Gasteiger charge is 2.16. The lowest BCUT2D eigenvalue weighted by molar-refractivity contribution is 0.566. The molecule has 0 unspecified atom stereocenters. The molecule has 2 aromatic rings. The number of anilines is 1. The molecule has 0 aliphatic carbocycles. The second-order valence-corrected chi connectivity index (χ2v) is 7.56. The number of nitrogens with two attached hydrogens (primary N) is 1. The molecule has 2 rings (SSSR count). The van der Waals surface area contributed by atoms with Crippen LogP contribution in [0.5, 0.6) is 0 Å². The van der Waals surface area contributed by atoms with E-state index in [2.05, 4.69) is 20.7 Å². The van der Waals surface area contributed by atoms with Crippen molar-refractivity contribution < 1.29 is 8.42 Å². The van der Waals surface area contributed by atoms with E-state index in [4.69, 9.17) is 5.73 Å². The van der Waals surface area contributed by atoms with Gasteiger partial charge in [0.2, 0.25) is 10.0 Å². The van der Waals surface area contributed by atoms with E-state index >= 15 is 0 Å². The Hall–Kier alpha value is -1.37. The zero-order chi connectivity index (χ0) is 15.5. The highest BCUT2D eigenvalue weighted by Crippen LogP contribution is 2.18. The molecule has 0 saturated heterocycles. The minimum Gasteiger partial charge on any atom is -0.399 e. The largest absolute Gasteiger partial charge is 0.399 e. The Kier molecular flexibility index (Phi) is 5.03. The van der Waals surface area contributed by atoms with E-state index in [0.717, 1.165) is 10.0 Å². The molecular formula is C15H17BrN2O2S. The molecule has 0 bridgehead atoms. The Morgan fingerprint density at radius 2 is 1.67 bits per heavy atom. The van der Waals surface area contributed by atoms with Crippen LogP contribution in [-0.4, -0.2) is 8.42 Å². The minimum absolute atomic E-state index is 0.0614. The molecule has 3 N–H and O–H groups in total. The van der Waals surface area contributed by atoms with Crippen LogP contribution in [0.15, 0.2) is 53.0 Å². The summed E-state index contributed by atoms with van der Waals surface area (Å²) < 4.78 is 28.0. The molecule has 0 fully saturated rings. The highest BCUT2D eigenvalue weighted by molar-refractivity contribution is 9.10. The second kappa shape index (κ2) is 6.60. The van der Waals surface area contributed by atoms with Crippen LogP contribution in [0.25, 0.3) is 0 Å². The van der Waals surface area contributed by atoms with Crippen LogP contribution in [0.2, 0.25) is 0 Å². The average molecular weight is 369 g/mol. The van der Waals surface area contributed by atoms with Gasteiger partial charge in [-0.25, -0.2) is 13.1 Å². The van der Waals surface area contributed by atoms with E-state index in [1.165, 1.54) is 0 Å². The molecule has 6 heteroatoms. The van der Waals surface area contributed by atoms with Gasteiger partial charge in [0.25, 0.3) is 0 Å². The first-order chi connectivity index (χ1) is 9.85. The summed E-state index contributed by atoms with van der Waals surface area (Å²) in [4.78, 5) is 0. The van der Waals surface area contributed by atoms with Gasteiger partial charge in [0.05, 0.1) is 5.75 Å². The molecule has 0 aromatic heterocycles. The number of nitrogen functional groups attached to an aromatic ring is 1. The van der Waals surface area contributed by atoms with Crippen LogP contribution in [0.4, 0.5) is 5.69 Å². The third-order valence-electron chi connectivity index (χ3n) is 3.06. The first-order valence-electron chi connectivity index (χ1n) is 6.45. The number of sulfonamides is 1. The van der Waals surface area contributed by atoms with E-state index in [1.54, 1.807) is 24.3 Å². The van der Waals surface area contributed by atoms with Crippen molar-refractivity contribution >= 4 is 31.6 Å². The molecule has 0 saturated carbocycles. The van der Waals surface area contributed by atoms with Gasteiger partial charge >= 0.3 is 0 Å². The van der Waals surface area contributed by atoms with Crippen LogP contribution in [0, 0.1) is 0 Å². The lowest BCUT2D eigenvalue weighted by Gasteiger charge is -2.15. The molecule has 0 heterocycles. The Bertz CT molecular complexity index is 697. The fraction of sp³-hybridized carbons (Fsp3) is 0.200. The molecule has 0 radical (unpaired) electrons. The number of hydrogen-bond acceptors (Lipinski definition) is 3. The van der Waals surface area contributed by atoms with E-state index in [0.29, 0.717) is 11.3 Å². The summed E-state index contributed by atoms with van der Waals surface area (Å²) in [5, 5.41) is 0. The van der Waals surface area contributed by atoms with Crippen molar-refractivity contribution in [2.75, 3.05) is 5.73 Å². The lowest BCUT2D eigenvalue weighted by Crippen LogP contribution is -2.28. The molecule has 0 spiro atoms. The number of nitrogens with one attached hydrogen (secondary N) is 1. The van der Waals surface area contributed by atoms with Crippen LogP contribution >= 0.6 is 15.9 Å². The van der Waals surface area contributed by atoms with Crippen molar-refractivity contribution in [2.45, 2.75) is 18.7 Å². The maximum absolute atomic E-state index is 12.2. The van der Waals surface area contributed by atoms with Crippen LogP contribution in [-0.2, 0) is 15.8 Å².